The fourth-order valence-electron chi connectivity index (χ4n) is 1.66. The van der Waals surface area contributed by atoms with Crippen LogP contribution in [0.1, 0.15) is 13.3 Å². The van der Waals surface area contributed by atoms with E-state index in [4.69, 9.17) is 9.84 Å². The lowest BCUT2D eigenvalue weighted by atomic mass is 10.1. The third kappa shape index (κ3) is 2.77. The molecule has 0 fully saturated rings. The quantitative estimate of drug-likeness (QED) is 0.879. The van der Waals surface area contributed by atoms with E-state index in [1.807, 2.05) is 30.3 Å². The Balaban J connectivity index is 2.06. The van der Waals surface area contributed by atoms with Crippen molar-refractivity contribution in [3.63, 3.8) is 0 Å². The fourth-order valence-corrected chi connectivity index (χ4v) is 1.66. The number of benzene rings is 1. The third-order valence-electron chi connectivity index (χ3n) is 2.83. The highest BCUT2D eigenvalue weighted by molar-refractivity contribution is 5.84. The fraction of sp³-hybridized carbons (Fsp3) is 0.286. The van der Waals surface area contributed by atoms with Gasteiger partial charge in [-0.15, -0.1) is 0 Å². The second-order valence-electron chi connectivity index (χ2n) is 4.21. The number of para-hydroxylation sites is 1. The molecule has 1 aromatic carbocycles. The van der Waals surface area contributed by atoms with Crippen molar-refractivity contribution in [2.75, 3.05) is 6.61 Å². The van der Waals surface area contributed by atoms with Crippen LogP contribution in [-0.4, -0.2) is 22.7 Å². The van der Waals surface area contributed by atoms with Crippen molar-refractivity contribution in [3.8, 4) is 5.75 Å². The molecule has 94 valence electrons. The summed E-state index contributed by atoms with van der Waals surface area (Å²) in [6, 6.07) is 9.56. The molecule has 0 aliphatic rings. The number of aromatic nitrogens is 1. The Morgan fingerprint density at radius 2 is 2.17 bits per heavy atom. The van der Waals surface area contributed by atoms with Crippen molar-refractivity contribution < 1.29 is 14.6 Å². The lowest BCUT2D eigenvalue weighted by molar-refractivity contribution is -0.141. The van der Waals surface area contributed by atoms with E-state index >= 15 is 0 Å². The Labute approximate surface area is 105 Å². The average Bonchev–Trinajstić information content (AvgIpc) is 2.38. The van der Waals surface area contributed by atoms with E-state index in [-0.39, 0.29) is 0 Å². The highest BCUT2D eigenvalue weighted by atomic mass is 16.5. The normalized spacial score (nSPS) is 12.3. The maximum absolute atomic E-state index is 10.7. The zero-order chi connectivity index (χ0) is 13.0. The summed E-state index contributed by atoms with van der Waals surface area (Å²) in [7, 11) is 0. The maximum Gasteiger partial charge on any atom is 0.306 e. The Bertz CT molecular complexity index is 548. The monoisotopic (exact) mass is 245 g/mol. The molecule has 1 N–H and O–H groups in total. The van der Waals surface area contributed by atoms with Crippen LogP contribution in [0.3, 0.4) is 0 Å². The number of ether oxygens (including phenoxy) is 1. The number of pyridine rings is 1. The molecule has 0 saturated carbocycles. The maximum atomic E-state index is 10.7. The predicted octanol–water partition coefficient (Wildman–Crippen LogP) is 2.72. The Morgan fingerprint density at radius 1 is 1.39 bits per heavy atom. The van der Waals surface area contributed by atoms with Gasteiger partial charge in [0.05, 0.1) is 12.5 Å². The molecule has 0 bridgehead atoms. The first-order valence-corrected chi connectivity index (χ1v) is 5.88. The summed E-state index contributed by atoms with van der Waals surface area (Å²) in [5.74, 6) is -0.492. The number of aliphatic carboxylic acids is 1. The van der Waals surface area contributed by atoms with E-state index < -0.39 is 11.9 Å². The summed E-state index contributed by atoms with van der Waals surface area (Å²) in [5, 5.41) is 9.80. The van der Waals surface area contributed by atoms with E-state index in [9.17, 15) is 4.79 Å². The highest BCUT2D eigenvalue weighted by Gasteiger charge is 2.11. The Morgan fingerprint density at radius 3 is 2.94 bits per heavy atom. The smallest absolute Gasteiger partial charge is 0.306 e. The summed E-state index contributed by atoms with van der Waals surface area (Å²) >= 11 is 0. The van der Waals surface area contributed by atoms with E-state index in [0.29, 0.717) is 18.8 Å². The molecule has 0 amide bonds. The van der Waals surface area contributed by atoms with Crippen LogP contribution in [0.25, 0.3) is 10.9 Å². The minimum Gasteiger partial charge on any atom is -0.491 e. The van der Waals surface area contributed by atoms with Crippen molar-refractivity contribution in [3.05, 3.63) is 36.5 Å². The van der Waals surface area contributed by atoms with Crippen molar-refractivity contribution in [2.45, 2.75) is 13.3 Å². The van der Waals surface area contributed by atoms with Gasteiger partial charge in [0.2, 0.25) is 0 Å². The number of nitrogens with zero attached hydrogens (tertiary/aromatic N) is 1. The topological polar surface area (TPSA) is 59.4 Å². The second kappa shape index (κ2) is 5.49. The third-order valence-corrected chi connectivity index (χ3v) is 2.83. The van der Waals surface area contributed by atoms with Crippen LogP contribution in [0.2, 0.25) is 0 Å². The van der Waals surface area contributed by atoms with Crippen LogP contribution in [0, 0.1) is 5.92 Å². The van der Waals surface area contributed by atoms with E-state index in [2.05, 4.69) is 4.98 Å². The van der Waals surface area contributed by atoms with Crippen molar-refractivity contribution >= 4 is 16.9 Å². The molecule has 1 atom stereocenters. The lowest BCUT2D eigenvalue weighted by Gasteiger charge is -2.10. The van der Waals surface area contributed by atoms with Crippen LogP contribution >= 0.6 is 0 Å². The first kappa shape index (κ1) is 12.4. The molecular weight excluding hydrogens is 230 g/mol. The molecule has 1 heterocycles. The number of carboxylic acids is 1. The van der Waals surface area contributed by atoms with E-state index in [0.717, 1.165) is 10.9 Å². The first-order valence-electron chi connectivity index (χ1n) is 5.88. The molecule has 0 radical (unpaired) electrons. The number of hydrogen-bond acceptors (Lipinski definition) is 3. The molecule has 4 nitrogen and oxygen atoms in total. The standard InChI is InChI=1S/C14H15NO3/c1-10(14(16)17)7-9-18-12-6-2-4-11-5-3-8-15-13(11)12/h2-6,8,10H,7,9H2,1H3,(H,16,17). The minimum absolute atomic E-state index is 0.378. The number of hydrogen-bond donors (Lipinski definition) is 1. The molecule has 2 aromatic rings. The van der Waals surface area contributed by atoms with Crippen molar-refractivity contribution in [2.24, 2.45) is 5.92 Å². The van der Waals surface area contributed by atoms with Gasteiger partial charge in [-0.1, -0.05) is 25.1 Å². The van der Waals surface area contributed by atoms with Crippen LogP contribution in [0.4, 0.5) is 0 Å². The summed E-state index contributed by atoms with van der Waals surface area (Å²) in [5.41, 5.74) is 0.808. The molecule has 1 unspecified atom stereocenters. The summed E-state index contributed by atoms with van der Waals surface area (Å²) in [4.78, 5) is 15.0. The molecule has 0 aliphatic carbocycles. The summed E-state index contributed by atoms with van der Waals surface area (Å²) < 4.78 is 5.61. The Hall–Kier alpha value is -2.10. The number of carbonyl (C=O) groups is 1. The molecule has 1 aromatic heterocycles. The molecule has 4 heteroatoms. The zero-order valence-corrected chi connectivity index (χ0v) is 10.2. The van der Waals surface area contributed by atoms with Crippen LogP contribution in [0.15, 0.2) is 36.5 Å². The molecular formula is C14H15NO3. The number of fused-ring (bicyclic) bond motifs is 1. The number of carboxylic acid groups (broad SMARTS) is 1. The van der Waals surface area contributed by atoms with Gasteiger partial charge in [0, 0.05) is 11.6 Å². The van der Waals surface area contributed by atoms with Gasteiger partial charge in [0.1, 0.15) is 11.3 Å². The van der Waals surface area contributed by atoms with Crippen LogP contribution in [0.5, 0.6) is 5.75 Å². The molecule has 2 rings (SSSR count). The van der Waals surface area contributed by atoms with Gasteiger partial charge in [-0.3, -0.25) is 9.78 Å². The van der Waals surface area contributed by atoms with E-state index in [1.54, 1.807) is 13.1 Å². The van der Waals surface area contributed by atoms with Gasteiger partial charge >= 0.3 is 5.97 Å². The summed E-state index contributed by atoms with van der Waals surface area (Å²) in [6.07, 6.45) is 2.20. The van der Waals surface area contributed by atoms with Gasteiger partial charge in [-0.25, -0.2) is 0 Å². The predicted molar refractivity (Wildman–Crippen MR) is 68.7 cm³/mol. The number of rotatable bonds is 5. The highest BCUT2D eigenvalue weighted by Crippen LogP contribution is 2.23. The minimum atomic E-state index is -0.797. The van der Waals surface area contributed by atoms with Gasteiger partial charge in [-0.05, 0) is 18.6 Å². The van der Waals surface area contributed by atoms with Gasteiger partial charge in [0.15, 0.2) is 0 Å². The van der Waals surface area contributed by atoms with Crippen LogP contribution < -0.4 is 4.74 Å². The largest absolute Gasteiger partial charge is 0.491 e. The van der Waals surface area contributed by atoms with Gasteiger partial charge in [0.25, 0.3) is 0 Å². The molecule has 0 spiro atoms. The van der Waals surface area contributed by atoms with Crippen molar-refractivity contribution in [1.82, 2.24) is 4.98 Å². The molecule has 0 saturated heterocycles. The second-order valence-corrected chi connectivity index (χ2v) is 4.21. The molecule has 0 aliphatic heterocycles. The Kier molecular flexibility index (Phi) is 3.77. The lowest BCUT2D eigenvalue weighted by Crippen LogP contribution is -2.13. The summed E-state index contributed by atoms with van der Waals surface area (Å²) in [6.45, 7) is 2.05. The average molecular weight is 245 g/mol. The van der Waals surface area contributed by atoms with E-state index in [1.165, 1.54) is 0 Å². The van der Waals surface area contributed by atoms with Crippen LogP contribution in [-0.2, 0) is 4.79 Å². The van der Waals surface area contributed by atoms with Gasteiger partial charge in [-0.2, -0.15) is 0 Å². The molecule has 18 heavy (non-hydrogen) atoms. The first-order chi connectivity index (χ1) is 8.68. The van der Waals surface area contributed by atoms with Crippen molar-refractivity contribution in [1.29, 1.82) is 0 Å². The SMILES string of the molecule is CC(CCOc1cccc2cccnc12)C(=O)O. The zero-order valence-electron chi connectivity index (χ0n) is 10.2. The van der Waals surface area contributed by atoms with Gasteiger partial charge < -0.3 is 9.84 Å².